The van der Waals surface area contributed by atoms with Crippen LogP contribution in [0.15, 0.2) is 12.4 Å². The van der Waals surface area contributed by atoms with Gasteiger partial charge < -0.3 is 5.21 Å². The van der Waals surface area contributed by atoms with E-state index in [9.17, 15) is 0 Å². The zero-order valence-corrected chi connectivity index (χ0v) is 6.62. The van der Waals surface area contributed by atoms with Gasteiger partial charge in [0.2, 0.25) is 0 Å². The van der Waals surface area contributed by atoms with Crippen molar-refractivity contribution in [3.8, 4) is 0 Å². The van der Waals surface area contributed by atoms with E-state index in [1.165, 1.54) is 0 Å². The van der Waals surface area contributed by atoms with E-state index in [1.54, 1.807) is 6.20 Å². The van der Waals surface area contributed by atoms with Crippen molar-refractivity contribution < 1.29 is 5.21 Å². The molecule has 62 valence electrons. The van der Waals surface area contributed by atoms with E-state index in [0.29, 0.717) is 6.54 Å². The Kier molecular flexibility index (Phi) is 3.07. The third kappa shape index (κ3) is 2.32. The maximum atomic E-state index is 8.37. The van der Waals surface area contributed by atoms with Gasteiger partial charge in [0.25, 0.3) is 0 Å². The molecule has 0 saturated heterocycles. The minimum absolute atomic E-state index is 0.462. The van der Waals surface area contributed by atoms with Gasteiger partial charge in [-0.2, -0.15) is 5.10 Å². The minimum Gasteiger partial charge on any atom is -0.316 e. The van der Waals surface area contributed by atoms with E-state index in [2.05, 4.69) is 17.5 Å². The molecule has 0 bridgehead atoms. The van der Waals surface area contributed by atoms with Crippen LogP contribution >= 0.6 is 0 Å². The van der Waals surface area contributed by atoms with Gasteiger partial charge in [-0.3, -0.25) is 4.68 Å². The summed E-state index contributed by atoms with van der Waals surface area (Å²) in [6.07, 6.45) is 4.75. The summed E-state index contributed by atoms with van der Waals surface area (Å²) in [7, 11) is 0. The third-order valence-corrected chi connectivity index (χ3v) is 1.42. The number of hydrogen-bond acceptors (Lipinski definition) is 3. The van der Waals surface area contributed by atoms with E-state index >= 15 is 0 Å². The van der Waals surface area contributed by atoms with Gasteiger partial charge >= 0.3 is 0 Å². The number of rotatable bonds is 4. The minimum atomic E-state index is 0.462. The Bertz CT molecular complexity index is 189. The van der Waals surface area contributed by atoms with Crippen molar-refractivity contribution >= 4 is 0 Å². The molecule has 11 heavy (non-hydrogen) atoms. The number of hydrogen-bond donors (Lipinski definition) is 2. The highest BCUT2D eigenvalue weighted by Gasteiger charge is 1.95. The molecule has 4 nitrogen and oxygen atoms in total. The van der Waals surface area contributed by atoms with Crippen LogP contribution in [0.25, 0.3) is 0 Å². The van der Waals surface area contributed by atoms with E-state index in [4.69, 9.17) is 5.21 Å². The van der Waals surface area contributed by atoms with Crippen molar-refractivity contribution in [3.05, 3.63) is 18.0 Å². The molecule has 2 N–H and O–H groups in total. The van der Waals surface area contributed by atoms with Gasteiger partial charge in [-0.15, -0.1) is 0 Å². The van der Waals surface area contributed by atoms with Gasteiger partial charge in [-0.25, -0.2) is 5.48 Å². The third-order valence-electron chi connectivity index (χ3n) is 1.42. The Morgan fingerprint density at radius 3 is 3.18 bits per heavy atom. The summed E-state index contributed by atoms with van der Waals surface area (Å²) >= 11 is 0. The predicted molar refractivity (Wildman–Crippen MR) is 41.1 cm³/mol. The molecule has 0 aromatic carbocycles. The molecule has 0 radical (unpaired) electrons. The summed E-state index contributed by atoms with van der Waals surface area (Å²) in [6.45, 7) is 3.50. The van der Waals surface area contributed by atoms with Crippen molar-refractivity contribution in [2.75, 3.05) is 0 Å². The number of nitrogens with zero attached hydrogens (tertiary/aromatic N) is 2. The van der Waals surface area contributed by atoms with E-state index in [1.807, 2.05) is 10.9 Å². The first-order valence-corrected chi connectivity index (χ1v) is 3.75. The van der Waals surface area contributed by atoms with Gasteiger partial charge in [0, 0.05) is 24.8 Å². The van der Waals surface area contributed by atoms with Crippen LogP contribution in [-0.2, 0) is 13.1 Å². The van der Waals surface area contributed by atoms with Crippen LogP contribution in [0.1, 0.15) is 18.9 Å². The normalized spacial score (nSPS) is 10.4. The Morgan fingerprint density at radius 1 is 1.73 bits per heavy atom. The Hall–Kier alpha value is -0.870. The van der Waals surface area contributed by atoms with Gasteiger partial charge in [-0.1, -0.05) is 6.92 Å². The predicted octanol–water partition coefficient (Wildman–Crippen LogP) is 0.772. The fourth-order valence-electron chi connectivity index (χ4n) is 0.940. The summed E-state index contributed by atoms with van der Waals surface area (Å²) in [5.41, 5.74) is 3.09. The highest BCUT2D eigenvalue weighted by Crippen LogP contribution is 1.97. The van der Waals surface area contributed by atoms with Crippen LogP contribution in [0.2, 0.25) is 0 Å². The van der Waals surface area contributed by atoms with Crippen LogP contribution in [-0.4, -0.2) is 15.0 Å². The van der Waals surface area contributed by atoms with Crippen molar-refractivity contribution in [2.45, 2.75) is 26.4 Å². The van der Waals surface area contributed by atoms with Gasteiger partial charge in [-0.05, 0) is 6.42 Å². The molecule has 1 aromatic rings. The summed E-state index contributed by atoms with van der Waals surface area (Å²) in [5.74, 6) is 0. The second kappa shape index (κ2) is 4.10. The molecule has 0 atom stereocenters. The molecule has 1 aromatic heterocycles. The Morgan fingerprint density at radius 2 is 2.55 bits per heavy atom. The second-order valence-corrected chi connectivity index (χ2v) is 2.45. The van der Waals surface area contributed by atoms with Crippen molar-refractivity contribution in [3.63, 3.8) is 0 Å². The lowest BCUT2D eigenvalue weighted by Crippen LogP contribution is -2.05. The summed E-state index contributed by atoms with van der Waals surface area (Å²) in [6, 6.07) is 0. The maximum absolute atomic E-state index is 8.37. The van der Waals surface area contributed by atoms with Crippen LogP contribution in [0.4, 0.5) is 0 Å². The van der Waals surface area contributed by atoms with E-state index in [0.717, 1.165) is 18.5 Å². The zero-order chi connectivity index (χ0) is 8.10. The summed E-state index contributed by atoms with van der Waals surface area (Å²) in [5, 5.41) is 12.5. The van der Waals surface area contributed by atoms with Crippen LogP contribution in [0, 0.1) is 0 Å². The highest BCUT2D eigenvalue weighted by atomic mass is 16.5. The average molecular weight is 155 g/mol. The van der Waals surface area contributed by atoms with Crippen LogP contribution in [0.3, 0.4) is 0 Å². The lowest BCUT2D eigenvalue weighted by molar-refractivity contribution is 0.161. The lowest BCUT2D eigenvalue weighted by atomic mass is 10.4. The number of aromatic nitrogens is 2. The SMILES string of the molecule is CCCn1cc(CNO)cn1. The molecule has 0 aliphatic carbocycles. The Labute approximate surface area is 65.8 Å². The first-order valence-electron chi connectivity index (χ1n) is 3.75. The van der Waals surface area contributed by atoms with E-state index in [-0.39, 0.29) is 0 Å². The molecule has 0 spiro atoms. The number of hydroxylamine groups is 1. The standard InChI is InChI=1S/C7H13N3O/c1-2-3-10-6-7(4-8-10)5-9-11/h4,6,9,11H,2-3,5H2,1H3. The van der Waals surface area contributed by atoms with Gasteiger partial charge in [0.1, 0.15) is 0 Å². The van der Waals surface area contributed by atoms with Crippen molar-refractivity contribution in [2.24, 2.45) is 0 Å². The monoisotopic (exact) mass is 155 g/mol. The van der Waals surface area contributed by atoms with Crippen LogP contribution in [0.5, 0.6) is 0 Å². The van der Waals surface area contributed by atoms with Gasteiger partial charge in [0.05, 0.1) is 6.20 Å². The number of nitrogens with one attached hydrogen (secondary N) is 1. The molecule has 0 aliphatic rings. The molecule has 0 unspecified atom stereocenters. The van der Waals surface area contributed by atoms with Crippen molar-refractivity contribution in [1.29, 1.82) is 0 Å². The average Bonchev–Trinajstić information content (AvgIpc) is 2.38. The van der Waals surface area contributed by atoms with Crippen molar-refractivity contribution in [1.82, 2.24) is 15.3 Å². The fraction of sp³-hybridized carbons (Fsp3) is 0.571. The zero-order valence-electron chi connectivity index (χ0n) is 6.62. The molecular formula is C7H13N3O. The first kappa shape index (κ1) is 8.23. The molecule has 4 heteroatoms. The van der Waals surface area contributed by atoms with Gasteiger partial charge in [0.15, 0.2) is 0 Å². The molecule has 1 rings (SSSR count). The second-order valence-electron chi connectivity index (χ2n) is 2.45. The summed E-state index contributed by atoms with van der Waals surface area (Å²) < 4.78 is 1.87. The Balaban J connectivity index is 2.51. The maximum Gasteiger partial charge on any atom is 0.0535 e. The highest BCUT2D eigenvalue weighted by molar-refractivity contribution is 5.02. The molecular weight excluding hydrogens is 142 g/mol. The smallest absolute Gasteiger partial charge is 0.0535 e. The molecule has 0 fully saturated rings. The molecule has 1 heterocycles. The quantitative estimate of drug-likeness (QED) is 0.631. The van der Waals surface area contributed by atoms with Crippen LogP contribution < -0.4 is 5.48 Å². The van der Waals surface area contributed by atoms with E-state index < -0.39 is 0 Å². The fourth-order valence-corrected chi connectivity index (χ4v) is 0.940. The topological polar surface area (TPSA) is 50.1 Å². The molecule has 0 amide bonds. The molecule has 0 saturated carbocycles. The first-order chi connectivity index (χ1) is 5.36. The number of aryl methyl sites for hydroxylation is 1. The molecule has 0 aliphatic heterocycles. The summed E-state index contributed by atoms with van der Waals surface area (Å²) in [4.78, 5) is 0. The largest absolute Gasteiger partial charge is 0.316 e. The lowest BCUT2D eigenvalue weighted by Gasteiger charge is -1.94.